The summed E-state index contributed by atoms with van der Waals surface area (Å²) in [6.45, 7) is 6.38. The summed E-state index contributed by atoms with van der Waals surface area (Å²) >= 11 is 0. The van der Waals surface area contributed by atoms with Crippen LogP contribution in [0.3, 0.4) is 0 Å². The Labute approximate surface area is 177 Å². The minimum atomic E-state index is -1.11. The molecular weight excluding hydrogens is 386 g/mol. The van der Waals surface area contributed by atoms with Crippen molar-refractivity contribution >= 4 is 17.8 Å². The minimum Gasteiger partial charge on any atom is -0.454 e. The Balaban J connectivity index is 1.57. The highest BCUT2D eigenvalue weighted by molar-refractivity contribution is 6.08. The summed E-state index contributed by atoms with van der Waals surface area (Å²) < 4.78 is 10.7. The van der Waals surface area contributed by atoms with Gasteiger partial charge in [-0.1, -0.05) is 39.2 Å². The molecule has 164 valence electrons. The fourth-order valence-corrected chi connectivity index (χ4v) is 3.87. The van der Waals surface area contributed by atoms with Crippen LogP contribution >= 0.6 is 0 Å². The normalized spacial score (nSPS) is 21.0. The third-order valence-corrected chi connectivity index (χ3v) is 5.77. The van der Waals surface area contributed by atoms with E-state index >= 15 is 0 Å². The lowest BCUT2D eigenvalue weighted by atomic mass is 9.92. The van der Waals surface area contributed by atoms with Gasteiger partial charge in [0.1, 0.15) is 12.1 Å². The van der Waals surface area contributed by atoms with Gasteiger partial charge in [0, 0.05) is 13.0 Å². The molecule has 0 aromatic heterocycles. The molecule has 1 aromatic carbocycles. The van der Waals surface area contributed by atoms with Gasteiger partial charge < -0.3 is 20.1 Å². The number of imide groups is 1. The van der Waals surface area contributed by atoms with Gasteiger partial charge >= 0.3 is 6.03 Å². The second-order valence-corrected chi connectivity index (χ2v) is 8.24. The largest absolute Gasteiger partial charge is 0.454 e. The lowest BCUT2D eigenvalue weighted by molar-refractivity contribution is -0.134. The van der Waals surface area contributed by atoms with E-state index in [-0.39, 0.29) is 19.2 Å². The molecule has 0 spiro atoms. The molecule has 0 radical (unpaired) electrons. The average Bonchev–Trinajstić information content (AvgIpc) is 3.26. The Hall–Kier alpha value is -2.77. The molecule has 4 amide bonds. The molecule has 0 aliphatic carbocycles. The SMILES string of the molecule is CCCC[C@H](CC)CNC(=O)CN1C(=O)N[C@@](C)(Cc2ccc3c(c2)OCO3)C1=O. The molecule has 2 heterocycles. The third kappa shape index (κ3) is 4.86. The van der Waals surface area contributed by atoms with Crippen LogP contribution in [-0.4, -0.2) is 48.2 Å². The summed E-state index contributed by atoms with van der Waals surface area (Å²) in [5, 5.41) is 5.61. The highest BCUT2D eigenvalue weighted by Crippen LogP contribution is 2.34. The van der Waals surface area contributed by atoms with Crippen molar-refractivity contribution in [3.05, 3.63) is 23.8 Å². The number of nitrogens with one attached hydrogen (secondary N) is 2. The molecule has 8 nitrogen and oxygen atoms in total. The maximum absolute atomic E-state index is 13.0. The monoisotopic (exact) mass is 417 g/mol. The molecule has 0 unspecified atom stereocenters. The zero-order chi connectivity index (χ0) is 21.7. The Morgan fingerprint density at radius 2 is 2.03 bits per heavy atom. The van der Waals surface area contributed by atoms with Crippen molar-refractivity contribution in [2.75, 3.05) is 19.9 Å². The molecule has 2 aliphatic heterocycles. The molecule has 2 aliphatic rings. The van der Waals surface area contributed by atoms with Crippen LogP contribution in [0.1, 0.15) is 52.0 Å². The number of hydrogen-bond acceptors (Lipinski definition) is 5. The summed E-state index contributed by atoms with van der Waals surface area (Å²) in [7, 11) is 0. The lowest BCUT2D eigenvalue weighted by Gasteiger charge is -2.22. The summed E-state index contributed by atoms with van der Waals surface area (Å²) in [6, 6.07) is 4.89. The first kappa shape index (κ1) is 21.9. The van der Waals surface area contributed by atoms with Gasteiger partial charge in [-0.25, -0.2) is 4.79 Å². The number of carbonyl (C=O) groups is 3. The molecule has 8 heteroatoms. The van der Waals surface area contributed by atoms with E-state index in [9.17, 15) is 14.4 Å². The van der Waals surface area contributed by atoms with E-state index < -0.39 is 17.5 Å². The molecule has 1 aromatic rings. The number of ether oxygens (including phenoxy) is 2. The average molecular weight is 418 g/mol. The molecule has 1 saturated heterocycles. The van der Waals surface area contributed by atoms with Crippen molar-refractivity contribution < 1.29 is 23.9 Å². The number of hydrogen-bond donors (Lipinski definition) is 2. The molecule has 0 saturated carbocycles. The lowest BCUT2D eigenvalue weighted by Crippen LogP contribution is -2.47. The Kier molecular flexibility index (Phi) is 6.84. The van der Waals surface area contributed by atoms with Gasteiger partial charge in [0.15, 0.2) is 11.5 Å². The fraction of sp³-hybridized carbons (Fsp3) is 0.591. The number of unbranched alkanes of at least 4 members (excludes halogenated alkanes) is 1. The van der Waals surface area contributed by atoms with Crippen molar-refractivity contribution in [1.29, 1.82) is 0 Å². The van der Waals surface area contributed by atoms with Gasteiger partial charge in [-0.05, 0) is 37.0 Å². The maximum atomic E-state index is 13.0. The van der Waals surface area contributed by atoms with E-state index in [0.717, 1.165) is 36.1 Å². The topological polar surface area (TPSA) is 97.0 Å². The van der Waals surface area contributed by atoms with Gasteiger partial charge in [-0.3, -0.25) is 14.5 Å². The number of urea groups is 1. The summed E-state index contributed by atoms with van der Waals surface area (Å²) in [5.41, 5.74) is -0.276. The molecule has 0 bridgehead atoms. The van der Waals surface area contributed by atoms with Crippen molar-refractivity contribution in [1.82, 2.24) is 15.5 Å². The highest BCUT2D eigenvalue weighted by atomic mass is 16.7. The van der Waals surface area contributed by atoms with E-state index in [2.05, 4.69) is 24.5 Å². The number of rotatable bonds is 10. The summed E-state index contributed by atoms with van der Waals surface area (Å²) in [5.74, 6) is 0.971. The van der Waals surface area contributed by atoms with Gasteiger partial charge in [-0.2, -0.15) is 0 Å². The van der Waals surface area contributed by atoms with Crippen LogP contribution in [0.2, 0.25) is 0 Å². The summed E-state index contributed by atoms with van der Waals surface area (Å²) in [6.07, 6.45) is 4.58. The predicted molar refractivity (Wildman–Crippen MR) is 111 cm³/mol. The first-order valence-electron chi connectivity index (χ1n) is 10.7. The number of carbonyl (C=O) groups excluding carboxylic acids is 3. The fourth-order valence-electron chi connectivity index (χ4n) is 3.87. The van der Waals surface area contributed by atoms with Crippen LogP contribution in [0.4, 0.5) is 4.79 Å². The van der Waals surface area contributed by atoms with Crippen molar-refractivity contribution in [2.45, 2.75) is 58.4 Å². The van der Waals surface area contributed by atoms with Crippen molar-refractivity contribution in [3.63, 3.8) is 0 Å². The Morgan fingerprint density at radius 1 is 1.27 bits per heavy atom. The number of nitrogens with zero attached hydrogens (tertiary/aromatic N) is 1. The number of fused-ring (bicyclic) bond motifs is 1. The van der Waals surface area contributed by atoms with Gasteiger partial charge in [0.25, 0.3) is 5.91 Å². The molecule has 3 rings (SSSR count). The van der Waals surface area contributed by atoms with Gasteiger partial charge in [0.05, 0.1) is 0 Å². The van der Waals surface area contributed by atoms with Gasteiger partial charge in [0.2, 0.25) is 12.7 Å². The molecular formula is C22H31N3O5. The van der Waals surface area contributed by atoms with Crippen molar-refractivity contribution in [2.24, 2.45) is 5.92 Å². The molecule has 2 N–H and O–H groups in total. The minimum absolute atomic E-state index is 0.173. The van der Waals surface area contributed by atoms with E-state index in [4.69, 9.17) is 9.47 Å². The predicted octanol–water partition coefficient (Wildman–Crippen LogP) is 2.60. The van der Waals surface area contributed by atoms with Crippen LogP contribution in [0.15, 0.2) is 18.2 Å². The zero-order valence-corrected chi connectivity index (χ0v) is 18.0. The standard InChI is InChI=1S/C22H31N3O5/c1-4-6-7-15(5-2)12-23-19(26)13-25-20(27)22(3,24-21(25)28)11-16-8-9-17-18(10-16)30-14-29-17/h8-10,15H,4-7,11-14H2,1-3H3,(H,23,26)(H,24,28)/t15-,22-/m0/s1. The quantitative estimate of drug-likeness (QED) is 0.571. The first-order valence-corrected chi connectivity index (χ1v) is 10.7. The number of amides is 4. The molecule has 2 atom stereocenters. The van der Waals surface area contributed by atoms with Crippen molar-refractivity contribution in [3.8, 4) is 11.5 Å². The van der Waals surface area contributed by atoms with E-state index in [1.165, 1.54) is 0 Å². The van der Waals surface area contributed by atoms with Crippen LogP contribution in [-0.2, 0) is 16.0 Å². The zero-order valence-electron chi connectivity index (χ0n) is 18.0. The van der Waals surface area contributed by atoms with Crippen LogP contribution in [0.25, 0.3) is 0 Å². The second kappa shape index (κ2) is 9.36. The molecule has 1 fully saturated rings. The first-order chi connectivity index (χ1) is 14.4. The smallest absolute Gasteiger partial charge is 0.325 e. The van der Waals surface area contributed by atoms with E-state index in [1.807, 2.05) is 12.1 Å². The van der Waals surface area contributed by atoms with E-state index in [0.29, 0.717) is 30.4 Å². The molecule has 30 heavy (non-hydrogen) atoms. The van der Waals surface area contributed by atoms with E-state index in [1.54, 1.807) is 13.0 Å². The number of benzene rings is 1. The Bertz CT molecular complexity index is 812. The summed E-state index contributed by atoms with van der Waals surface area (Å²) in [4.78, 5) is 38.7. The highest BCUT2D eigenvalue weighted by Gasteiger charge is 2.48. The Morgan fingerprint density at radius 3 is 2.77 bits per heavy atom. The van der Waals surface area contributed by atoms with Gasteiger partial charge in [-0.15, -0.1) is 0 Å². The maximum Gasteiger partial charge on any atom is 0.325 e. The third-order valence-electron chi connectivity index (χ3n) is 5.77. The van der Waals surface area contributed by atoms with Crippen LogP contribution in [0, 0.1) is 5.92 Å². The van der Waals surface area contributed by atoms with Crippen LogP contribution in [0.5, 0.6) is 11.5 Å². The van der Waals surface area contributed by atoms with Crippen LogP contribution < -0.4 is 20.1 Å². The second-order valence-electron chi connectivity index (χ2n) is 8.24.